The average Bonchev–Trinajstić information content (AvgIpc) is 2.72. The molecule has 4 rings (SSSR count). The topological polar surface area (TPSA) is 52.6 Å². The standard InChI is InChI=1S/C23H18O4S/c1-16(24)27-23(28-18-12-6-3-7-13-18)21(25)19-14-8-9-15-20(19)26-22(23)17-10-4-2-5-11-17/h2-15,22H,1H3/t22?,23-/m1/s1. The Morgan fingerprint density at radius 3 is 2.21 bits per heavy atom. The number of rotatable bonds is 4. The molecule has 0 aromatic heterocycles. The first kappa shape index (κ1) is 18.3. The van der Waals surface area contributed by atoms with Gasteiger partial charge in [0.25, 0.3) is 4.93 Å². The summed E-state index contributed by atoms with van der Waals surface area (Å²) in [6.45, 7) is 1.31. The van der Waals surface area contributed by atoms with Crippen LogP contribution in [0.2, 0.25) is 0 Å². The highest BCUT2D eigenvalue weighted by atomic mass is 32.2. The SMILES string of the molecule is CC(=O)O[C@@]1(Sc2ccccc2)C(=O)c2ccccc2OC1c1ccccc1. The molecule has 5 heteroatoms. The molecular weight excluding hydrogens is 372 g/mol. The van der Waals surface area contributed by atoms with Crippen LogP contribution in [0.4, 0.5) is 0 Å². The molecule has 0 spiro atoms. The fourth-order valence-corrected chi connectivity index (χ4v) is 4.58. The van der Waals surface area contributed by atoms with Crippen LogP contribution in [-0.2, 0) is 9.53 Å². The predicted molar refractivity (Wildman–Crippen MR) is 107 cm³/mol. The number of carbonyl (C=O) groups is 2. The summed E-state index contributed by atoms with van der Waals surface area (Å²) in [5.41, 5.74) is 1.16. The van der Waals surface area contributed by atoms with E-state index in [1.165, 1.54) is 18.7 Å². The van der Waals surface area contributed by atoms with Crippen molar-refractivity contribution < 1.29 is 19.1 Å². The lowest BCUT2D eigenvalue weighted by Crippen LogP contribution is -2.50. The average molecular weight is 390 g/mol. The van der Waals surface area contributed by atoms with Gasteiger partial charge in [0.1, 0.15) is 5.75 Å². The molecule has 1 aliphatic heterocycles. The number of hydrogen-bond acceptors (Lipinski definition) is 5. The van der Waals surface area contributed by atoms with Crippen LogP contribution in [0.3, 0.4) is 0 Å². The molecule has 0 saturated heterocycles. The van der Waals surface area contributed by atoms with Crippen molar-refractivity contribution in [2.45, 2.75) is 22.9 Å². The van der Waals surface area contributed by atoms with E-state index in [1.807, 2.05) is 66.7 Å². The zero-order valence-electron chi connectivity index (χ0n) is 15.2. The van der Waals surface area contributed by atoms with Gasteiger partial charge in [0.2, 0.25) is 5.78 Å². The second-order valence-electron chi connectivity index (χ2n) is 6.41. The number of Topliss-reactive ketones (excluding diaryl/α,β-unsaturated/α-hetero) is 1. The van der Waals surface area contributed by atoms with Gasteiger partial charge < -0.3 is 9.47 Å². The first-order valence-corrected chi connectivity index (χ1v) is 9.71. The summed E-state index contributed by atoms with van der Waals surface area (Å²) < 4.78 is 12.0. The van der Waals surface area contributed by atoms with E-state index >= 15 is 0 Å². The van der Waals surface area contributed by atoms with Crippen molar-refractivity contribution >= 4 is 23.5 Å². The Balaban J connectivity index is 1.92. The zero-order chi connectivity index (χ0) is 19.6. The Labute approximate surface area is 167 Å². The van der Waals surface area contributed by atoms with Crippen LogP contribution in [0.5, 0.6) is 5.75 Å². The highest BCUT2D eigenvalue weighted by Crippen LogP contribution is 2.51. The smallest absolute Gasteiger partial charge is 0.304 e. The zero-order valence-corrected chi connectivity index (χ0v) is 16.0. The minimum absolute atomic E-state index is 0.285. The van der Waals surface area contributed by atoms with Gasteiger partial charge in [-0.2, -0.15) is 0 Å². The number of fused-ring (bicyclic) bond motifs is 1. The normalized spacial score (nSPS) is 20.8. The van der Waals surface area contributed by atoms with E-state index in [9.17, 15) is 9.59 Å². The number of hydrogen-bond donors (Lipinski definition) is 0. The van der Waals surface area contributed by atoms with E-state index in [-0.39, 0.29) is 5.78 Å². The van der Waals surface area contributed by atoms with E-state index in [0.717, 1.165) is 10.5 Å². The van der Waals surface area contributed by atoms with Gasteiger partial charge in [-0.3, -0.25) is 9.59 Å². The fourth-order valence-electron chi connectivity index (χ4n) is 3.28. The molecule has 1 unspecified atom stereocenters. The molecule has 4 nitrogen and oxygen atoms in total. The summed E-state index contributed by atoms with van der Waals surface area (Å²) in [5.74, 6) is -0.342. The number of benzene rings is 3. The lowest BCUT2D eigenvalue weighted by molar-refractivity contribution is -0.152. The van der Waals surface area contributed by atoms with Gasteiger partial charge in [-0.05, 0) is 29.8 Å². The van der Waals surface area contributed by atoms with Crippen molar-refractivity contribution in [2.24, 2.45) is 0 Å². The maximum absolute atomic E-state index is 13.7. The second-order valence-corrected chi connectivity index (χ2v) is 7.69. The second kappa shape index (κ2) is 7.52. The van der Waals surface area contributed by atoms with Gasteiger partial charge in [0.15, 0.2) is 6.10 Å². The number of ether oxygens (including phenoxy) is 2. The van der Waals surface area contributed by atoms with Crippen LogP contribution < -0.4 is 4.74 Å². The molecule has 0 N–H and O–H groups in total. The van der Waals surface area contributed by atoms with Crippen LogP contribution in [0.25, 0.3) is 0 Å². The van der Waals surface area contributed by atoms with Crippen LogP contribution in [-0.4, -0.2) is 16.7 Å². The fraction of sp³-hybridized carbons (Fsp3) is 0.130. The third-order valence-electron chi connectivity index (χ3n) is 4.45. The molecule has 0 amide bonds. The predicted octanol–water partition coefficient (Wildman–Crippen LogP) is 5.05. The Morgan fingerprint density at radius 1 is 0.929 bits per heavy atom. The summed E-state index contributed by atoms with van der Waals surface area (Å²) in [6.07, 6.45) is -0.787. The Bertz CT molecular complexity index is 1000. The Hall–Kier alpha value is -3.05. The third kappa shape index (κ3) is 3.29. The lowest BCUT2D eigenvalue weighted by Gasteiger charge is -2.41. The van der Waals surface area contributed by atoms with E-state index in [1.54, 1.807) is 18.2 Å². The summed E-state index contributed by atoms with van der Waals surface area (Å²) in [7, 11) is 0. The van der Waals surface area contributed by atoms with Crippen molar-refractivity contribution in [1.29, 1.82) is 0 Å². The molecule has 1 aliphatic rings. The Morgan fingerprint density at radius 2 is 1.54 bits per heavy atom. The summed E-state index contributed by atoms with van der Waals surface area (Å²) in [4.78, 5) is 25.0. The minimum atomic E-state index is -1.57. The maximum Gasteiger partial charge on any atom is 0.304 e. The summed E-state index contributed by atoms with van der Waals surface area (Å²) in [6, 6.07) is 25.8. The van der Waals surface area contributed by atoms with Crippen molar-refractivity contribution in [3.05, 3.63) is 96.1 Å². The van der Waals surface area contributed by atoms with Crippen molar-refractivity contribution in [3.8, 4) is 5.75 Å². The van der Waals surface area contributed by atoms with Gasteiger partial charge in [-0.1, -0.05) is 72.4 Å². The minimum Gasteiger partial charge on any atom is -0.479 e. The first-order chi connectivity index (χ1) is 13.6. The van der Waals surface area contributed by atoms with Gasteiger partial charge in [0.05, 0.1) is 5.56 Å². The van der Waals surface area contributed by atoms with Gasteiger partial charge in [-0.15, -0.1) is 0 Å². The number of para-hydroxylation sites is 1. The molecule has 1 heterocycles. The molecule has 0 aliphatic carbocycles. The lowest BCUT2D eigenvalue weighted by atomic mass is 9.92. The highest BCUT2D eigenvalue weighted by Gasteiger charge is 2.56. The number of ketones is 1. The maximum atomic E-state index is 13.7. The van der Waals surface area contributed by atoms with E-state index < -0.39 is 17.0 Å². The summed E-state index contributed by atoms with van der Waals surface area (Å²) in [5, 5.41) is 0. The van der Waals surface area contributed by atoms with Crippen LogP contribution in [0, 0.1) is 0 Å². The highest BCUT2D eigenvalue weighted by molar-refractivity contribution is 8.01. The summed E-state index contributed by atoms with van der Waals surface area (Å²) >= 11 is 1.20. The van der Waals surface area contributed by atoms with Crippen LogP contribution in [0.15, 0.2) is 89.8 Å². The van der Waals surface area contributed by atoms with E-state index in [4.69, 9.17) is 9.47 Å². The molecule has 28 heavy (non-hydrogen) atoms. The quantitative estimate of drug-likeness (QED) is 0.461. The van der Waals surface area contributed by atoms with Crippen molar-refractivity contribution in [2.75, 3.05) is 0 Å². The molecule has 3 aromatic carbocycles. The van der Waals surface area contributed by atoms with Crippen LogP contribution in [0.1, 0.15) is 28.9 Å². The van der Waals surface area contributed by atoms with Gasteiger partial charge in [0, 0.05) is 11.8 Å². The number of thioether (sulfide) groups is 1. The van der Waals surface area contributed by atoms with Crippen molar-refractivity contribution in [1.82, 2.24) is 0 Å². The molecule has 0 bridgehead atoms. The molecular formula is C23H18O4S. The first-order valence-electron chi connectivity index (χ1n) is 8.89. The van der Waals surface area contributed by atoms with Gasteiger partial charge >= 0.3 is 5.97 Å². The molecule has 3 aromatic rings. The largest absolute Gasteiger partial charge is 0.479 e. The van der Waals surface area contributed by atoms with Crippen molar-refractivity contribution in [3.63, 3.8) is 0 Å². The molecule has 0 fully saturated rings. The van der Waals surface area contributed by atoms with Crippen LogP contribution >= 0.6 is 11.8 Å². The van der Waals surface area contributed by atoms with Gasteiger partial charge in [-0.25, -0.2) is 0 Å². The molecule has 0 radical (unpaired) electrons. The monoisotopic (exact) mass is 390 g/mol. The van der Waals surface area contributed by atoms with E-state index in [0.29, 0.717) is 11.3 Å². The number of esters is 1. The number of carbonyl (C=O) groups excluding carboxylic acids is 2. The van der Waals surface area contributed by atoms with E-state index in [2.05, 4.69) is 0 Å². The molecule has 0 saturated carbocycles. The Kier molecular flexibility index (Phi) is 4.92. The molecule has 140 valence electrons. The third-order valence-corrected chi connectivity index (χ3v) is 5.74. The molecule has 2 atom stereocenters.